The molecule has 1 aliphatic heterocycles. The quantitative estimate of drug-likeness (QED) is 0.828. The molecule has 1 saturated heterocycles. The summed E-state index contributed by atoms with van der Waals surface area (Å²) in [7, 11) is 2.07. The number of likely N-dealkylation sites (tertiary alicyclic amines) is 1. The van der Waals surface area contributed by atoms with Crippen molar-refractivity contribution in [3.8, 4) is 0 Å². The lowest BCUT2D eigenvalue weighted by molar-refractivity contribution is 0.346. The summed E-state index contributed by atoms with van der Waals surface area (Å²) in [6.45, 7) is 4.62. The number of hydrogen-bond donors (Lipinski definition) is 1. The zero-order valence-corrected chi connectivity index (χ0v) is 9.89. The van der Waals surface area contributed by atoms with Gasteiger partial charge in [0.1, 0.15) is 5.82 Å². The maximum absolute atomic E-state index is 5.84. The lowest BCUT2D eigenvalue weighted by atomic mass is 10.3. The second-order valence-corrected chi connectivity index (χ2v) is 4.38. The van der Waals surface area contributed by atoms with Crippen molar-refractivity contribution in [1.82, 2.24) is 9.88 Å². The lowest BCUT2D eigenvalue weighted by Gasteiger charge is -2.23. The molecule has 0 spiro atoms. The van der Waals surface area contributed by atoms with Crippen LogP contribution in [0.3, 0.4) is 0 Å². The van der Waals surface area contributed by atoms with Gasteiger partial charge in [-0.3, -0.25) is 0 Å². The van der Waals surface area contributed by atoms with Gasteiger partial charge in [-0.2, -0.15) is 0 Å². The van der Waals surface area contributed by atoms with E-state index in [-0.39, 0.29) is 0 Å². The molecular formula is C12H20N4. The molecule has 0 amide bonds. The monoisotopic (exact) mass is 220 g/mol. The third-order valence-corrected chi connectivity index (χ3v) is 3.18. The first kappa shape index (κ1) is 11.2. The van der Waals surface area contributed by atoms with Crippen LogP contribution in [0.5, 0.6) is 0 Å². The average molecular weight is 220 g/mol. The van der Waals surface area contributed by atoms with Crippen molar-refractivity contribution in [3.05, 3.63) is 18.3 Å². The summed E-state index contributed by atoms with van der Waals surface area (Å²) in [4.78, 5) is 8.79. The number of nitrogens with zero attached hydrogens (tertiary/aromatic N) is 3. The van der Waals surface area contributed by atoms with E-state index >= 15 is 0 Å². The minimum atomic E-state index is 0.617. The van der Waals surface area contributed by atoms with Crippen LogP contribution in [-0.2, 0) is 0 Å². The summed E-state index contributed by atoms with van der Waals surface area (Å²) in [6.07, 6.45) is 4.42. The van der Waals surface area contributed by atoms with Crippen molar-refractivity contribution in [1.29, 1.82) is 0 Å². The summed E-state index contributed by atoms with van der Waals surface area (Å²) in [5.74, 6) is 0.617. The Kier molecular flexibility index (Phi) is 3.62. The van der Waals surface area contributed by atoms with Crippen molar-refractivity contribution in [3.63, 3.8) is 0 Å². The fourth-order valence-corrected chi connectivity index (χ4v) is 2.15. The minimum Gasteiger partial charge on any atom is -0.382 e. The summed E-state index contributed by atoms with van der Waals surface area (Å²) < 4.78 is 0. The third kappa shape index (κ3) is 2.64. The Morgan fingerprint density at radius 2 is 2.19 bits per heavy atom. The number of nitrogens with two attached hydrogens (primary N) is 1. The van der Waals surface area contributed by atoms with E-state index in [4.69, 9.17) is 5.73 Å². The van der Waals surface area contributed by atoms with E-state index in [1.54, 1.807) is 6.20 Å². The Morgan fingerprint density at radius 3 is 2.88 bits per heavy atom. The first-order chi connectivity index (χ1) is 7.77. The molecule has 16 heavy (non-hydrogen) atoms. The Labute approximate surface area is 97.1 Å². The van der Waals surface area contributed by atoms with Crippen LogP contribution in [0.15, 0.2) is 18.3 Å². The maximum atomic E-state index is 5.84. The number of likely N-dealkylation sites (N-methyl/N-ethyl adjacent to an activating group) is 1. The number of hydrogen-bond acceptors (Lipinski definition) is 4. The average Bonchev–Trinajstić information content (AvgIpc) is 2.79. The fourth-order valence-electron chi connectivity index (χ4n) is 2.15. The smallest absolute Gasteiger partial charge is 0.146 e. The second-order valence-electron chi connectivity index (χ2n) is 4.38. The van der Waals surface area contributed by atoms with Crippen LogP contribution in [-0.4, -0.2) is 43.1 Å². The predicted molar refractivity (Wildman–Crippen MR) is 67.6 cm³/mol. The molecule has 1 fully saturated rings. The molecule has 1 aromatic rings. The normalized spacial score (nSPS) is 16.6. The van der Waals surface area contributed by atoms with Gasteiger partial charge in [-0.25, -0.2) is 4.98 Å². The Balaban J connectivity index is 1.87. The van der Waals surface area contributed by atoms with Gasteiger partial charge in [0.15, 0.2) is 0 Å². The molecule has 0 atom stereocenters. The Morgan fingerprint density at radius 1 is 1.44 bits per heavy atom. The van der Waals surface area contributed by atoms with Crippen molar-refractivity contribution >= 4 is 11.5 Å². The first-order valence-corrected chi connectivity index (χ1v) is 5.91. The van der Waals surface area contributed by atoms with Crippen LogP contribution in [0.2, 0.25) is 0 Å². The molecule has 4 nitrogen and oxygen atoms in total. The molecule has 1 aromatic heterocycles. The molecular weight excluding hydrogens is 200 g/mol. The third-order valence-electron chi connectivity index (χ3n) is 3.18. The van der Waals surface area contributed by atoms with Gasteiger partial charge in [0, 0.05) is 26.3 Å². The fraction of sp³-hybridized carbons (Fsp3) is 0.583. The van der Waals surface area contributed by atoms with Crippen LogP contribution >= 0.6 is 0 Å². The molecule has 88 valence electrons. The Bertz CT molecular complexity index is 334. The number of nitrogen functional groups attached to an aromatic ring is 1. The van der Waals surface area contributed by atoms with E-state index in [9.17, 15) is 0 Å². The van der Waals surface area contributed by atoms with E-state index < -0.39 is 0 Å². The van der Waals surface area contributed by atoms with Crippen molar-refractivity contribution in [2.24, 2.45) is 0 Å². The van der Waals surface area contributed by atoms with Gasteiger partial charge in [-0.1, -0.05) is 0 Å². The summed E-state index contributed by atoms with van der Waals surface area (Å²) in [5, 5.41) is 0. The van der Waals surface area contributed by atoms with Gasteiger partial charge in [0.05, 0.1) is 5.69 Å². The summed E-state index contributed by atoms with van der Waals surface area (Å²) in [6, 6.07) is 3.95. The molecule has 1 aliphatic rings. The van der Waals surface area contributed by atoms with Gasteiger partial charge in [0.2, 0.25) is 0 Å². The van der Waals surface area contributed by atoms with Crippen LogP contribution in [0.1, 0.15) is 12.8 Å². The minimum absolute atomic E-state index is 0.617. The summed E-state index contributed by atoms with van der Waals surface area (Å²) in [5.41, 5.74) is 6.87. The topological polar surface area (TPSA) is 45.4 Å². The molecule has 0 radical (unpaired) electrons. The van der Waals surface area contributed by atoms with Crippen molar-refractivity contribution < 1.29 is 0 Å². The van der Waals surface area contributed by atoms with E-state index in [1.807, 2.05) is 12.1 Å². The zero-order chi connectivity index (χ0) is 11.4. The molecule has 0 aromatic carbocycles. The molecule has 0 bridgehead atoms. The predicted octanol–water partition coefficient (Wildman–Crippen LogP) is 1.20. The first-order valence-electron chi connectivity index (χ1n) is 5.91. The van der Waals surface area contributed by atoms with Gasteiger partial charge in [-0.15, -0.1) is 0 Å². The highest BCUT2D eigenvalue weighted by molar-refractivity contribution is 5.62. The molecule has 2 rings (SSSR count). The largest absolute Gasteiger partial charge is 0.382 e. The number of pyridine rings is 1. The van der Waals surface area contributed by atoms with Gasteiger partial charge < -0.3 is 15.5 Å². The highest BCUT2D eigenvalue weighted by Crippen LogP contribution is 2.18. The van der Waals surface area contributed by atoms with E-state index in [2.05, 4.69) is 21.8 Å². The van der Waals surface area contributed by atoms with Gasteiger partial charge >= 0.3 is 0 Å². The van der Waals surface area contributed by atoms with Crippen LogP contribution in [0, 0.1) is 0 Å². The van der Waals surface area contributed by atoms with Crippen molar-refractivity contribution in [2.45, 2.75) is 12.8 Å². The summed E-state index contributed by atoms with van der Waals surface area (Å²) >= 11 is 0. The SMILES string of the molecule is CN(CCN1CCCC1)c1cccnc1N. The van der Waals surface area contributed by atoms with Crippen LogP contribution in [0.4, 0.5) is 11.5 Å². The molecule has 2 N–H and O–H groups in total. The molecule has 0 unspecified atom stereocenters. The molecule has 0 saturated carbocycles. The van der Waals surface area contributed by atoms with E-state index in [0.717, 1.165) is 18.8 Å². The Hall–Kier alpha value is -1.29. The molecule has 4 heteroatoms. The molecule has 0 aliphatic carbocycles. The highest BCUT2D eigenvalue weighted by atomic mass is 15.2. The van der Waals surface area contributed by atoms with Crippen molar-refractivity contribution in [2.75, 3.05) is 43.9 Å². The number of rotatable bonds is 4. The number of aromatic nitrogens is 1. The lowest BCUT2D eigenvalue weighted by Crippen LogP contribution is -2.31. The zero-order valence-electron chi connectivity index (χ0n) is 9.89. The standard InChI is InChI=1S/C12H20N4/c1-15(9-10-16-7-2-3-8-16)11-5-4-6-14-12(11)13/h4-6H,2-3,7-10H2,1H3,(H2,13,14). The van der Waals surface area contributed by atoms with E-state index in [0.29, 0.717) is 5.82 Å². The number of anilines is 2. The van der Waals surface area contributed by atoms with Crippen LogP contribution in [0.25, 0.3) is 0 Å². The maximum Gasteiger partial charge on any atom is 0.146 e. The molecule has 2 heterocycles. The highest BCUT2D eigenvalue weighted by Gasteiger charge is 2.12. The van der Waals surface area contributed by atoms with E-state index in [1.165, 1.54) is 25.9 Å². The van der Waals surface area contributed by atoms with Gasteiger partial charge in [-0.05, 0) is 38.1 Å². The van der Waals surface area contributed by atoms with Gasteiger partial charge in [0.25, 0.3) is 0 Å². The van der Waals surface area contributed by atoms with Crippen LogP contribution < -0.4 is 10.6 Å². The second kappa shape index (κ2) is 5.16.